The molecule has 1 nitrogen and oxygen atoms in total. The van der Waals surface area contributed by atoms with Crippen LogP contribution in [0.1, 0.15) is 19.8 Å². The third kappa shape index (κ3) is 2.18. The molecule has 0 saturated heterocycles. The smallest absolute Gasteiger partial charge is 0.0632 e. The molecular formula is C9H13N. The van der Waals surface area contributed by atoms with E-state index in [1.54, 1.807) is 0 Å². The van der Waals surface area contributed by atoms with E-state index >= 15 is 0 Å². The second-order valence-corrected chi connectivity index (χ2v) is 2.36. The summed E-state index contributed by atoms with van der Waals surface area (Å²) in [6, 6.07) is 0. The summed E-state index contributed by atoms with van der Waals surface area (Å²) in [4.78, 5) is 4.15. The van der Waals surface area contributed by atoms with Crippen LogP contribution in [0.25, 0.3) is 0 Å². The van der Waals surface area contributed by atoms with Gasteiger partial charge in [0.2, 0.25) is 0 Å². The highest BCUT2D eigenvalue weighted by molar-refractivity contribution is 5.53. The van der Waals surface area contributed by atoms with Gasteiger partial charge in [0.1, 0.15) is 0 Å². The van der Waals surface area contributed by atoms with Crippen LogP contribution in [0.5, 0.6) is 0 Å². The van der Waals surface area contributed by atoms with Gasteiger partial charge in [-0.25, -0.2) is 0 Å². The Kier molecular flexibility index (Phi) is 2.94. The van der Waals surface area contributed by atoms with Crippen LogP contribution in [0.2, 0.25) is 0 Å². The molecule has 0 N–H and O–H groups in total. The van der Waals surface area contributed by atoms with Crippen molar-refractivity contribution in [3.05, 3.63) is 23.8 Å². The Morgan fingerprint density at radius 3 is 3.10 bits per heavy atom. The zero-order valence-corrected chi connectivity index (χ0v) is 6.38. The first-order valence-electron chi connectivity index (χ1n) is 3.73. The predicted molar refractivity (Wildman–Crippen MR) is 45.5 cm³/mol. The van der Waals surface area contributed by atoms with Crippen molar-refractivity contribution in [2.75, 3.05) is 6.54 Å². The molecule has 0 amide bonds. The molecule has 0 aliphatic heterocycles. The van der Waals surface area contributed by atoms with Crippen LogP contribution in [-0.2, 0) is 0 Å². The first-order chi connectivity index (χ1) is 4.93. The molecule has 1 rings (SSSR count). The average molecular weight is 135 g/mol. The van der Waals surface area contributed by atoms with Crippen LogP contribution in [0.3, 0.4) is 0 Å². The number of allylic oxidation sites excluding steroid dienone is 2. The van der Waals surface area contributed by atoms with Crippen LogP contribution in [0, 0.1) is 0 Å². The largest absolute Gasteiger partial charge is 0.293 e. The minimum absolute atomic E-state index is 0.854. The van der Waals surface area contributed by atoms with Crippen molar-refractivity contribution in [1.29, 1.82) is 0 Å². The van der Waals surface area contributed by atoms with Gasteiger partial charge in [0.25, 0.3) is 0 Å². The van der Waals surface area contributed by atoms with E-state index in [1.165, 1.54) is 18.4 Å². The van der Waals surface area contributed by atoms with Gasteiger partial charge in [-0.2, -0.15) is 0 Å². The highest BCUT2D eigenvalue weighted by Gasteiger charge is 1.93. The van der Waals surface area contributed by atoms with Crippen molar-refractivity contribution in [1.82, 2.24) is 0 Å². The monoisotopic (exact) mass is 135 g/mol. The van der Waals surface area contributed by atoms with Gasteiger partial charge in [-0.15, -0.1) is 0 Å². The number of aliphatic imine (C=N–C) groups is 1. The van der Waals surface area contributed by atoms with Crippen LogP contribution < -0.4 is 0 Å². The third-order valence-corrected chi connectivity index (χ3v) is 1.53. The fourth-order valence-electron chi connectivity index (χ4n) is 0.982. The lowest BCUT2D eigenvalue weighted by Gasteiger charge is -2.01. The van der Waals surface area contributed by atoms with Crippen LogP contribution in [0.15, 0.2) is 28.8 Å². The van der Waals surface area contributed by atoms with Crippen LogP contribution in [-0.4, -0.2) is 12.8 Å². The van der Waals surface area contributed by atoms with E-state index in [9.17, 15) is 0 Å². The summed E-state index contributed by atoms with van der Waals surface area (Å²) < 4.78 is 0. The summed E-state index contributed by atoms with van der Waals surface area (Å²) in [5, 5.41) is 0. The summed E-state index contributed by atoms with van der Waals surface area (Å²) in [7, 11) is 0. The summed E-state index contributed by atoms with van der Waals surface area (Å²) >= 11 is 0. The van der Waals surface area contributed by atoms with Gasteiger partial charge >= 0.3 is 0 Å². The highest BCUT2D eigenvalue weighted by atomic mass is 14.7. The molecule has 0 aromatic rings. The molecule has 0 atom stereocenters. The molecule has 0 aromatic heterocycles. The maximum atomic E-state index is 4.15. The third-order valence-electron chi connectivity index (χ3n) is 1.53. The van der Waals surface area contributed by atoms with Gasteiger partial charge in [0.15, 0.2) is 0 Å². The zero-order chi connectivity index (χ0) is 7.23. The number of rotatable bonds is 2. The van der Waals surface area contributed by atoms with E-state index in [1.807, 2.05) is 13.1 Å². The van der Waals surface area contributed by atoms with E-state index in [4.69, 9.17) is 0 Å². The van der Waals surface area contributed by atoms with Gasteiger partial charge < -0.3 is 0 Å². The van der Waals surface area contributed by atoms with Gasteiger partial charge in [-0.1, -0.05) is 18.2 Å². The molecule has 1 aliphatic rings. The minimum atomic E-state index is 0.854. The Hall–Kier alpha value is -0.850. The lowest BCUT2D eigenvalue weighted by Crippen LogP contribution is -1.88. The van der Waals surface area contributed by atoms with Gasteiger partial charge in [-0.05, 0) is 31.6 Å². The van der Waals surface area contributed by atoms with Gasteiger partial charge in [0.05, 0.1) is 6.54 Å². The standard InChI is InChI=1S/C9H13N/c1-2-10-8-9-6-4-3-5-7-9/h2,4,6-7H,3,5,8H2,1H3. The minimum Gasteiger partial charge on any atom is -0.293 e. The second-order valence-electron chi connectivity index (χ2n) is 2.36. The zero-order valence-electron chi connectivity index (χ0n) is 6.38. The molecule has 10 heavy (non-hydrogen) atoms. The lowest BCUT2D eigenvalue weighted by atomic mass is 10.1. The molecule has 0 spiro atoms. The highest BCUT2D eigenvalue weighted by Crippen LogP contribution is 2.08. The number of hydrogen-bond acceptors (Lipinski definition) is 1. The first kappa shape index (κ1) is 7.26. The molecule has 0 bridgehead atoms. The second kappa shape index (κ2) is 4.04. The Balaban J connectivity index is 2.40. The summed E-state index contributed by atoms with van der Waals surface area (Å²) in [6.07, 6.45) is 10.9. The summed E-state index contributed by atoms with van der Waals surface area (Å²) in [6.45, 7) is 2.81. The fourth-order valence-corrected chi connectivity index (χ4v) is 0.982. The maximum absolute atomic E-state index is 4.15. The Morgan fingerprint density at radius 2 is 2.50 bits per heavy atom. The van der Waals surface area contributed by atoms with Crippen molar-refractivity contribution in [2.45, 2.75) is 19.8 Å². The predicted octanol–water partition coefficient (Wildman–Crippen LogP) is 2.35. The normalized spacial score (nSPS) is 17.9. The molecule has 0 fully saturated rings. The molecule has 0 saturated carbocycles. The van der Waals surface area contributed by atoms with Gasteiger partial charge in [0, 0.05) is 0 Å². The SMILES string of the molecule is CC=NCC1=CCCC=C1. The van der Waals surface area contributed by atoms with Crippen molar-refractivity contribution >= 4 is 6.21 Å². The van der Waals surface area contributed by atoms with E-state index in [0.717, 1.165) is 6.54 Å². The molecular weight excluding hydrogens is 122 g/mol. The number of hydrogen-bond donors (Lipinski definition) is 0. The van der Waals surface area contributed by atoms with Crippen LogP contribution >= 0.6 is 0 Å². The summed E-state index contributed by atoms with van der Waals surface area (Å²) in [5.41, 5.74) is 1.35. The molecule has 1 aliphatic carbocycles. The molecule has 0 unspecified atom stereocenters. The van der Waals surface area contributed by atoms with Gasteiger partial charge in [-0.3, -0.25) is 4.99 Å². The number of nitrogens with zero attached hydrogens (tertiary/aromatic N) is 1. The Bertz CT molecular complexity index is 175. The maximum Gasteiger partial charge on any atom is 0.0632 e. The van der Waals surface area contributed by atoms with E-state index < -0.39 is 0 Å². The molecule has 0 aromatic carbocycles. The molecule has 1 heteroatoms. The van der Waals surface area contributed by atoms with E-state index in [0.29, 0.717) is 0 Å². The van der Waals surface area contributed by atoms with Crippen molar-refractivity contribution in [3.63, 3.8) is 0 Å². The average Bonchev–Trinajstić information content (AvgIpc) is 2.03. The van der Waals surface area contributed by atoms with Crippen LogP contribution in [0.4, 0.5) is 0 Å². The molecule has 0 heterocycles. The van der Waals surface area contributed by atoms with Crippen molar-refractivity contribution in [2.24, 2.45) is 4.99 Å². The topological polar surface area (TPSA) is 12.4 Å². The van der Waals surface area contributed by atoms with Crippen molar-refractivity contribution in [3.8, 4) is 0 Å². The van der Waals surface area contributed by atoms with E-state index in [-0.39, 0.29) is 0 Å². The quantitative estimate of drug-likeness (QED) is 0.515. The summed E-state index contributed by atoms with van der Waals surface area (Å²) in [5.74, 6) is 0. The molecule has 54 valence electrons. The van der Waals surface area contributed by atoms with E-state index in [2.05, 4.69) is 23.2 Å². The van der Waals surface area contributed by atoms with Crippen molar-refractivity contribution < 1.29 is 0 Å². The molecule has 0 radical (unpaired) electrons. The first-order valence-corrected chi connectivity index (χ1v) is 3.73. The lowest BCUT2D eigenvalue weighted by molar-refractivity contribution is 0.996. The Morgan fingerprint density at radius 1 is 1.60 bits per heavy atom. The Labute approximate surface area is 62.2 Å². The fraction of sp³-hybridized carbons (Fsp3) is 0.444.